The molecule has 4 rings (SSSR count). The third-order valence-corrected chi connectivity index (χ3v) is 5.24. The van der Waals surface area contributed by atoms with E-state index in [4.69, 9.17) is 0 Å². The third kappa shape index (κ3) is 4.17. The first-order chi connectivity index (χ1) is 13.6. The van der Waals surface area contributed by atoms with Crippen molar-refractivity contribution in [1.29, 1.82) is 0 Å². The minimum absolute atomic E-state index is 0.207. The van der Waals surface area contributed by atoms with Crippen molar-refractivity contribution in [3.8, 4) is 10.0 Å². The summed E-state index contributed by atoms with van der Waals surface area (Å²) in [6, 6.07) is 5.03. The Kier molecular flexibility index (Phi) is 4.69. The Morgan fingerprint density at radius 3 is 1.48 bits per heavy atom. The SMILES string of the molecule is FC(F)(F)c1cc(-n2ccc(Cc3ccn(-c4cc(C(F)(F)F)ns4)n3)n2)sn1. The molecule has 0 fully saturated rings. The first-order valence-corrected chi connectivity index (χ1v) is 9.32. The lowest BCUT2D eigenvalue weighted by atomic mass is 10.2. The van der Waals surface area contributed by atoms with Gasteiger partial charge in [0.2, 0.25) is 0 Å². The van der Waals surface area contributed by atoms with Crippen molar-refractivity contribution in [2.45, 2.75) is 18.8 Å². The van der Waals surface area contributed by atoms with Crippen molar-refractivity contribution in [2.75, 3.05) is 0 Å². The van der Waals surface area contributed by atoms with Crippen LogP contribution in [0.2, 0.25) is 0 Å². The second kappa shape index (κ2) is 6.95. The molecule has 0 aromatic carbocycles. The fourth-order valence-electron chi connectivity index (χ4n) is 2.36. The van der Waals surface area contributed by atoms with Crippen molar-refractivity contribution < 1.29 is 26.3 Å². The van der Waals surface area contributed by atoms with Gasteiger partial charge in [-0.15, -0.1) is 0 Å². The van der Waals surface area contributed by atoms with Crippen LogP contribution in [0.3, 0.4) is 0 Å². The van der Waals surface area contributed by atoms with Crippen LogP contribution in [0.15, 0.2) is 36.7 Å². The second-order valence-electron chi connectivity index (χ2n) is 5.78. The van der Waals surface area contributed by atoms with Gasteiger partial charge in [-0.25, -0.2) is 9.36 Å². The summed E-state index contributed by atoms with van der Waals surface area (Å²) < 4.78 is 85.2. The number of halogens is 6. The topological polar surface area (TPSA) is 61.4 Å². The van der Waals surface area contributed by atoms with E-state index in [-0.39, 0.29) is 16.4 Å². The van der Waals surface area contributed by atoms with Crippen LogP contribution in [-0.2, 0) is 18.8 Å². The first-order valence-electron chi connectivity index (χ1n) is 7.77. The van der Waals surface area contributed by atoms with Gasteiger partial charge in [-0.3, -0.25) is 0 Å². The lowest BCUT2D eigenvalue weighted by Gasteiger charge is -1.99. The summed E-state index contributed by atoms with van der Waals surface area (Å²) in [5.74, 6) is 0. The third-order valence-electron chi connectivity index (χ3n) is 3.68. The number of aromatic nitrogens is 6. The smallest absolute Gasteiger partial charge is 0.229 e. The summed E-state index contributed by atoms with van der Waals surface area (Å²) in [4.78, 5) is 0. The highest BCUT2D eigenvalue weighted by molar-refractivity contribution is 7.08. The van der Waals surface area contributed by atoms with Crippen LogP contribution < -0.4 is 0 Å². The van der Waals surface area contributed by atoms with Gasteiger partial charge in [-0.05, 0) is 35.2 Å². The Morgan fingerprint density at radius 2 is 1.14 bits per heavy atom. The van der Waals surface area contributed by atoms with Crippen LogP contribution >= 0.6 is 23.1 Å². The van der Waals surface area contributed by atoms with Crippen LogP contribution in [0.5, 0.6) is 0 Å². The maximum atomic E-state index is 12.7. The minimum atomic E-state index is -4.53. The molecule has 0 radical (unpaired) electrons. The van der Waals surface area contributed by atoms with E-state index in [1.54, 1.807) is 12.1 Å². The van der Waals surface area contributed by atoms with E-state index in [0.717, 1.165) is 12.1 Å². The van der Waals surface area contributed by atoms with E-state index in [1.807, 2.05) is 0 Å². The molecule has 4 aromatic heterocycles. The highest BCUT2D eigenvalue weighted by Crippen LogP contribution is 2.32. The van der Waals surface area contributed by atoms with Gasteiger partial charge in [0.05, 0.1) is 11.4 Å². The molecule has 4 aromatic rings. The van der Waals surface area contributed by atoms with E-state index in [0.29, 0.717) is 34.5 Å². The van der Waals surface area contributed by atoms with Crippen molar-refractivity contribution in [3.63, 3.8) is 0 Å². The first kappa shape index (κ1) is 19.6. The maximum Gasteiger partial charge on any atom is 0.434 e. The molecule has 0 aliphatic rings. The molecule has 4 heterocycles. The van der Waals surface area contributed by atoms with Crippen molar-refractivity contribution in [1.82, 2.24) is 28.3 Å². The molecule has 6 nitrogen and oxygen atoms in total. The van der Waals surface area contributed by atoms with E-state index < -0.39 is 23.7 Å². The molecule has 0 spiro atoms. The van der Waals surface area contributed by atoms with Gasteiger partial charge in [0, 0.05) is 30.9 Å². The van der Waals surface area contributed by atoms with Crippen LogP contribution in [-0.4, -0.2) is 28.3 Å². The van der Waals surface area contributed by atoms with Gasteiger partial charge in [-0.2, -0.15) is 45.3 Å². The largest absolute Gasteiger partial charge is 0.434 e. The fourth-order valence-corrected chi connectivity index (χ4v) is 3.75. The van der Waals surface area contributed by atoms with Gasteiger partial charge < -0.3 is 0 Å². The van der Waals surface area contributed by atoms with E-state index in [1.165, 1.54) is 21.8 Å². The summed E-state index contributed by atoms with van der Waals surface area (Å²) >= 11 is 1.34. The molecule has 14 heteroatoms. The zero-order valence-electron chi connectivity index (χ0n) is 13.9. The highest BCUT2D eigenvalue weighted by Gasteiger charge is 2.35. The molecule has 0 bridgehead atoms. The molecule has 0 saturated carbocycles. The molecule has 152 valence electrons. The average molecular weight is 450 g/mol. The molecule has 0 aliphatic heterocycles. The van der Waals surface area contributed by atoms with Crippen molar-refractivity contribution in [2.24, 2.45) is 0 Å². The Balaban J connectivity index is 1.49. The summed E-state index contributed by atoms with van der Waals surface area (Å²) in [5.41, 5.74) is -0.929. The highest BCUT2D eigenvalue weighted by atomic mass is 32.1. The Labute approximate surface area is 166 Å². The van der Waals surface area contributed by atoms with Crippen molar-refractivity contribution >= 4 is 23.1 Å². The van der Waals surface area contributed by atoms with E-state index >= 15 is 0 Å². The van der Waals surface area contributed by atoms with Gasteiger partial charge in [-0.1, -0.05) is 0 Å². The normalized spacial score (nSPS) is 12.6. The monoisotopic (exact) mass is 450 g/mol. The summed E-state index contributed by atoms with van der Waals surface area (Å²) in [5, 5.41) is 8.82. The molecular formula is C15H8F6N6S2. The van der Waals surface area contributed by atoms with Gasteiger partial charge >= 0.3 is 12.4 Å². The molecule has 0 atom stereocenters. The van der Waals surface area contributed by atoms with Gasteiger partial charge in [0.1, 0.15) is 10.0 Å². The summed E-state index contributed by atoms with van der Waals surface area (Å²) in [6.07, 6.45) is -5.81. The lowest BCUT2D eigenvalue weighted by Crippen LogP contribution is -2.04. The number of nitrogens with zero attached hydrogens (tertiary/aromatic N) is 6. The quantitative estimate of drug-likeness (QED) is 0.427. The second-order valence-corrected chi connectivity index (χ2v) is 7.34. The minimum Gasteiger partial charge on any atom is -0.229 e. The lowest BCUT2D eigenvalue weighted by molar-refractivity contribution is -0.141. The predicted molar refractivity (Wildman–Crippen MR) is 91.3 cm³/mol. The molecule has 0 saturated heterocycles. The van der Waals surface area contributed by atoms with Crippen LogP contribution in [0.4, 0.5) is 26.3 Å². The van der Waals surface area contributed by atoms with E-state index in [2.05, 4.69) is 18.9 Å². The van der Waals surface area contributed by atoms with Crippen LogP contribution in [0.25, 0.3) is 10.0 Å². The number of rotatable bonds is 4. The molecule has 0 amide bonds. The van der Waals surface area contributed by atoms with Gasteiger partial charge in [0.25, 0.3) is 0 Å². The molecule has 29 heavy (non-hydrogen) atoms. The summed E-state index contributed by atoms with van der Waals surface area (Å²) in [6.45, 7) is 0. The molecule has 0 unspecified atom stereocenters. The average Bonchev–Trinajstić information content (AvgIpc) is 3.40. The number of hydrogen-bond donors (Lipinski definition) is 0. The van der Waals surface area contributed by atoms with E-state index in [9.17, 15) is 26.3 Å². The standard InChI is InChI=1S/C15H8F6N6S2/c16-14(17,18)10-6-12(28-24-10)26-3-1-8(22-26)5-9-2-4-27(23-9)13-7-11(25-29-13)15(19,20)21/h1-4,6-7H,5H2. The molecule has 0 N–H and O–H groups in total. The van der Waals surface area contributed by atoms with Crippen LogP contribution in [0.1, 0.15) is 22.8 Å². The summed E-state index contributed by atoms with van der Waals surface area (Å²) in [7, 11) is 0. The van der Waals surface area contributed by atoms with Crippen LogP contribution in [0, 0.1) is 0 Å². The Morgan fingerprint density at radius 1 is 0.724 bits per heavy atom. The van der Waals surface area contributed by atoms with Crippen molar-refractivity contribution in [3.05, 3.63) is 59.4 Å². The predicted octanol–water partition coefficient (Wildman–Crippen LogP) is 4.60. The zero-order chi connectivity index (χ0) is 20.8. The zero-order valence-corrected chi connectivity index (χ0v) is 15.6. The molecule has 0 aliphatic carbocycles. The Bertz CT molecular complexity index is 1050. The fraction of sp³-hybridized carbons (Fsp3) is 0.200. The van der Waals surface area contributed by atoms with Gasteiger partial charge in [0.15, 0.2) is 11.4 Å². The maximum absolute atomic E-state index is 12.7. The Hall–Kier alpha value is -2.74. The number of alkyl halides is 6. The number of hydrogen-bond acceptors (Lipinski definition) is 6. The molecular weight excluding hydrogens is 442 g/mol.